The molecule has 11 heteroatoms. The van der Waals surface area contributed by atoms with E-state index in [1.54, 1.807) is 6.08 Å². The number of likely N-dealkylation sites (N-methyl/N-ethyl adjacent to an activating group) is 1. The summed E-state index contributed by atoms with van der Waals surface area (Å²) in [7, 11) is 2.11. The van der Waals surface area contributed by atoms with Crippen LogP contribution < -0.4 is 21.5 Å². The molecule has 1 fully saturated rings. The molecular weight excluding hydrogens is 458 g/mol. The Bertz CT molecular complexity index is 1320. The normalized spacial score (nSPS) is 14.3. The van der Waals surface area contributed by atoms with Crippen LogP contribution in [0.1, 0.15) is 11.1 Å². The van der Waals surface area contributed by atoms with E-state index < -0.39 is 0 Å². The molecule has 0 aliphatic carbocycles. The molecule has 0 spiro atoms. The highest BCUT2D eigenvalue weighted by atomic mass is 16.3. The Kier molecular flexibility index (Phi) is 7.62. The van der Waals surface area contributed by atoms with Crippen molar-refractivity contribution in [2.45, 2.75) is 13.2 Å². The van der Waals surface area contributed by atoms with Crippen molar-refractivity contribution in [3.8, 4) is 5.82 Å². The van der Waals surface area contributed by atoms with Gasteiger partial charge in [0.15, 0.2) is 5.82 Å². The Morgan fingerprint density at radius 3 is 2.72 bits per heavy atom. The summed E-state index contributed by atoms with van der Waals surface area (Å²) in [5.41, 5.74) is 8.73. The number of rotatable bonds is 9. The number of anilines is 3. The van der Waals surface area contributed by atoms with Crippen molar-refractivity contribution < 1.29 is 5.11 Å². The van der Waals surface area contributed by atoms with Crippen molar-refractivity contribution in [1.82, 2.24) is 24.2 Å². The van der Waals surface area contributed by atoms with Gasteiger partial charge in [0.05, 0.1) is 19.3 Å². The second-order valence-corrected chi connectivity index (χ2v) is 8.47. The van der Waals surface area contributed by atoms with E-state index in [0.29, 0.717) is 11.6 Å². The molecule has 2 aromatic heterocycles. The predicted octanol–water partition coefficient (Wildman–Crippen LogP) is 1.44. The van der Waals surface area contributed by atoms with E-state index in [1.807, 2.05) is 18.2 Å². The molecule has 3 aromatic rings. The van der Waals surface area contributed by atoms with Crippen LogP contribution in [0.5, 0.6) is 0 Å². The number of nitrogen functional groups attached to an aromatic ring is 1. The fourth-order valence-corrected chi connectivity index (χ4v) is 4.13. The molecule has 1 saturated heterocycles. The number of aliphatic hydroxyl groups excluding tert-OH is 1. The maximum Gasteiger partial charge on any atom is 0.278 e. The maximum atomic E-state index is 13.0. The molecule has 36 heavy (non-hydrogen) atoms. The Hall–Kier alpha value is -4.22. The largest absolute Gasteiger partial charge is 0.392 e. The number of piperazine rings is 1. The van der Waals surface area contributed by atoms with Crippen LogP contribution in [-0.4, -0.2) is 68.8 Å². The lowest BCUT2D eigenvalue weighted by atomic mass is 10.1. The molecular formula is C25H31N9O2. The zero-order valence-corrected chi connectivity index (χ0v) is 20.3. The highest BCUT2D eigenvalue weighted by Gasteiger charge is 2.19. The summed E-state index contributed by atoms with van der Waals surface area (Å²) >= 11 is 0. The van der Waals surface area contributed by atoms with Crippen LogP contribution in [0.2, 0.25) is 0 Å². The summed E-state index contributed by atoms with van der Waals surface area (Å²) in [6, 6.07) is 5.79. The van der Waals surface area contributed by atoms with Gasteiger partial charge >= 0.3 is 0 Å². The van der Waals surface area contributed by atoms with Crippen molar-refractivity contribution in [3.63, 3.8) is 0 Å². The van der Waals surface area contributed by atoms with Gasteiger partial charge in [0, 0.05) is 61.7 Å². The molecule has 1 aliphatic heterocycles. The molecule has 1 aromatic carbocycles. The van der Waals surface area contributed by atoms with E-state index in [9.17, 15) is 9.90 Å². The SMILES string of the molecule is C=CCn1c(=O)c(C=NC(=C)Nc2ccc(N3CCN(C)CC3)c(CO)c2)c(N)n1-c1cnccn1. The zero-order valence-electron chi connectivity index (χ0n) is 20.3. The van der Waals surface area contributed by atoms with Crippen molar-refractivity contribution in [2.75, 3.05) is 49.2 Å². The van der Waals surface area contributed by atoms with Crippen molar-refractivity contribution in [1.29, 1.82) is 0 Å². The lowest BCUT2D eigenvalue weighted by Gasteiger charge is -2.35. The molecule has 4 N–H and O–H groups in total. The number of nitrogens with zero attached hydrogens (tertiary/aromatic N) is 7. The summed E-state index contributed by atoms with van der Waals surface area (Å²) in [5, 5.41) is 13.1. The van der Waals surface area contributed by atoms with Gasteiger partial charge < -0.3 is 26.0 Å². The summed E-state index contributed by atoms with van der Waals surface area (Å²) in [6.07, 6.45) is 7.55. The summed E-state index contributed by atoms with van der Waals surface area (Å²) in [6.45, 7) is 11.6. The van der Waals surface area contributed by atoms with E-state index in [0.717, 1.165) is 43.1 Å². The summed E-state index contributed by atoms with van der Waals surface area (Å²) < 4.78 is 2.90. The first-order valence-electron chi connectivity index (χ1n) is 11.6. The molecule has 0 atom stereocenters. The first-order chi connectivity index (χ1) is 17.4. The first-order valence-corrected chi connectivity index (χ1v) is 11.6. The second-order valence-electron chi connectivity index (χ2n) is 8.47. The molecule has 11 nitrogen and oxygen atoms in total. The third-order valence-electron chi connectivity index (χ3n) is 6.01. The highest BCUT2D eigenvalue weighted by Crippen LogP contribution is 2.26. The van der Waals surface area contributed by atoms with E-state index in [-0.39, 0.29) is 30.1 Å². The number of hydrogen-bond acceptors (Lipinski definition) is 9. The topological polar surface area (TPSA) is 130 Å². The van der Waals surface area contributed by atoms with Crippen LogP contribution in [0.15, 0.2) is 71.6 Å². The van der Waals surface area contributed by atoms with Crippen molar-refractivity contribution in [2.24, 2.45) is 4.99 Å². The number of nitrogens with one attached hydrogen (secondary N) is 1. The Morgan fingerprint density at radius 1 is 1.28 bits per heavy atom. The number of aliphatic hydroxyl groups is 1. The van der Waals surface area contributed by atoms with Crippen LogP contribution >= 0.6 is 0 Å². The Balaban J connectivity index is 1.54. The monoisotopic (exact) mass is 489 g/mol. The van der Waals surface area contributed by atoms with Gasteiger partial charge in [-0.2, -0.15) is 0 Å². The molecule has 4 rings (SSSR count). The van der Waals surface area contributed by atoms with Gasteiger partial charge in [0.25, 0.3) is 5.56 Å². The first kappa shape index (κ1) is 24.9. The molecule has 0 amide bonds. The minimum Gasteiger partial charge on any atom is -0.392 e. The fraction of sp³-hybridized carbons (Fsp3) is 0.280. The van der Waals surface area contributed by atoms with Crippen molar-refractivity contribution >= 4 is 23.4 Å². The van der Waals surface area contributed by atoms with E-state index in [4.69, 9.17) is 5.73 Å². The average molecular weight is 490 g/mol. The quantitative estimate of drug-likeness (QED) is 0.304. The fourth-order valence-electron chi connectivity index (χ4n) is 4.13. The van der Waals surface area contributed by atoms with Crippen LogP contribution in [0, 0.1) is 0 Å². The Morgan fingerprint density at radius 2 is 2.06 bits per heavy atom. The highest BCUT2D eigenvalue weighted by molar-refractivity contribution is 5.86. The van der Waals surface area contributed by atoms with Gasteiger partial charge in [-0.3, -0.25) is 9.78 Å². The number of hydrogen-bond donors (Lipinski definition) is 3. The van der Waals surface area contributed by atoms with E-state index in [1.165, 1.54) is 34.2 Å². The number of aliphatic imine (C=N–C) groups is 1. The van der Waals surface area contributed by atoms with Gasteiger partial charge in [-0.1, -0.05) is 12.7 Å². The Labute approximate surface area is 209 Å². The standard InChI is InChI=1S/C25H31N9O2/c1-4-9-33-25(36)21(24(26)34(33)23-16-27-7-8-28-23)15-29-18(2)30-20-5-6-22(19(14-20)17-35)32-12-10-31(3)11-13-32/h4-8,14-16,30,35H,1-2,9-13,17,26H2,3H3. The van der Waals surface area contributed by atoms with Crippen LogP contribution in [-0.2, 0) is 13.2 Å². The lowest BCUT2D eigenvalue weighted by Crippen LogP contribution is -2.44. The van der Waals surface area contributed by atoms with Gasteiger partial charge in [0.2, 0.25) is 0 Å². The van der Waals surface area contributed by atoms with E-state index >= 15 is 0 Å². The number of aromatic nitrogens is 4. The van der Waals surface area contributed by atoms with Gasteiger partial charge in [0.1, 0.15) is 17.2 Å². The average Bonchev–Trinajstić information content (AvgIpc) is 3.12. The minimum atomic E-state index is -0.339. The lowest BCUT2D eigenvalue weighted by molar-refractivity contribution is 0.280. The van der Waals surface area contributed by atoms with Crippen LogP contribution in [0.25, 0.3) is 5.82 Å². The number of nitrogens with two attached hydrogens (primary N) is 1. The summed E-state index contributed by atoms with van der Waals surface area (Å²) in [4.78, 5) is 30.2. The third-order valence-corrected chi connectivity index (χ3v) is 6.01. The third kappa shape index (κ3) is 5.21. The molecule has 0 unspecified atom stereocenters. The van der Waals surface area contributed by atoms with Gasteiger partial charge in [-0.05, 0) is 25.2 Å². The summed E-state index contributed by atoms with van der Waals surface area (Å²) in [5.74, 6) is 0.896. The molecule has 1 aliphatic rings. The van der Waals surface area contributed by atoms with Gasteiger partial charge in [-0.15, -0.1) is 6.58 Å². The predicted molar refractivity (Wildman–Crippen MR) is 143 cm³/mol. The molecule has 0 saturated carbocycles. The van der Waals surface area contributed by atoms with Crippen LogP contribution in [0.4, 0.5) is 17.2 Å². The van der Waals surface area contributed by atoms with Crippen LogP contribution in [0.3, 0.4) is 0 Å². The zero-order chi connectivity index (χ0) is 25.7. The molecule has 188 valence electrons. The molecule has 0 radical (unpaired) electrons. The number of benzene rings is 1. The second kappa shape index (κ2) is 11.0. The van der Waals surface area contributed by atoms with E-state index in [2.05, 4.69) is 50.3 Å². The number of allylic oxidation sites excluding steroid dienone is 1. The maximum absolute atomic E-state index is 13.0. The smallest absolute Gasteiger partial charge is 0.278 e. The minimum absolute atomic E-state index is 0.0811. The van der Waals surface area contributed by atoms with Crippen molar-refractivity contribution in [3.05, 3.63) is 83.3 Å². The molecule has 3 heterocycles. The molecule has 0 bridgehead atoms. The van der Waals surface area contributed by atoms with Gasteiger partial charge in [-0.25, -0.2) is 19.3 Å².